The van der Waals surface area contributed by atoms with Gasteiger partial charge in [0.25, 0.3) is 0 Å². The lowest BCUT2D eigenvalue weighted by atomic mass is 10.1. The topological polar surface area (TPSA) is 48.1 Å². The fourth-order valence-electron chi connectivity index (χ4n) is 1.53. The summed E-state index contributed by atoms with van der Waals surface area (Å²) in [5, 5.41) is 1.66. The first-order valence-electron chi connectivity index (χ1n) is 6.08. The molecule has 1 aromatic carbocycles. The molecule has 0 saturated heterocycles. The van der Waals surface area contributed by atoms with Gasteiger partial charge >= 0.3 is 0 Å². The summed E-state index contributed by atoms with van der Waals surface area (Å²) in [5.41, 5.74) is 5.70. The molecule has 1 aromatic heterocycles. The zero-order valence-corrected chi connectivity index (χ0v) is 12.6. The average Bonchev–Trinajstić information content (AvgIpc) is 2.80. The first-order chi connectivity index (χ1) is 8.97. The molecule has 2 rings (SSSR count). The van der Waals surface area contributed by atoms with Gasteiger partial charge in [-0.25, -0.2) is 4.98 Å². The minimum absolute atomic E-state index is 0.334. The van der Waals surface area contributed by atoms with Crippen LogP contribution in [0.2, 0.25) is 5.02 Å². The van der Waals surface area contributed by atoms with Crippen molar-refractivity contribution in [2.75, 3.05) is 6.61 Å². The van der Waals surface area contributed by atoms with Gasteiger partial charge in [-0.1, -0.05) is 23.7 Å². The Balaban J connectivity index is 1.90. The predicted octanol–water partition coefficient (Wildman–Crippen LogP) is 3.61. The van der Waals surface area contributed by atoms with Crippen LogP contribution in [0.25, 0.3) is 0 Å². The monoisotopic (exact) mass is 296 g/mol. The fourth-order valence-corrected chi connectivity index (χ4v) is 2.64. The maximum absolute atomic E-state index is 6.03. The van der Waals surface area contributed by atoms with Crippen LogP contribution < -0.4 is 10.5 Å². The van der Waals surface area contributed by atoms with E-state index in [2.05, 4.69) is 4.98 Å². The second-order valence-corrected chi connectivity index (χ2v) is 6.39. The minimum Gasteiger partial charge on any atom is -0.492 e. The molecule has 2 aromatic rings. The van der Waals surface area contributed by atoms with Crippen LogP contribution in [0, 0.1) is 0 Å². The lowest BCUT2D eigenvalue weighted by Gasteiger charge is -2.14. The fraction of sp³-hybridized carbons (Fsp3) is 0.357. The van der Waals surface area contributed by atoms with Crippen LogP contribution in [0.5, 0.6) is 5.75 Å². The number of rotatable bonds is 5. The van der Waals surface area contributed by atoms with Crippen LogP contribution in [0.4, 0.5) is 0 Å². The summed E-state index contributed by atoms with van der Waals surface area (Å²) in [4.78, 5) is 5.45. The number of hydrogen-bond acceptors (Lipinski definition) is 4. The molecule has 0 atom stereocenters. The van der Waals surface area contributed by atoms with Crippen molar-refractivity contribution in [2.45, 2.75) is 25.8 Å². The lowest BCUT2D eigenvalue weighted by molar-refractivity contribution is 0.322. The third kappa shape index (κ3) is 3.93. The van der Waals surface area contributed by atoms with Crippen molar-refractivity contribution < 1.29 is 4.74 Å². The van der Waals surface area contributed by atoms with Crippen LogP contribution in [-0.2, 0) is 12.0 Å². The number of nitrogens with two attached hydrogens (primary N) is 1. The molecule has 5 heteroatoms. The highest BCUT2D eigenvalue weighted by Crippen LogP contribution is 2.25. The molecule has 102 valence electrons. The van der Waals surface area contributed by atoms with Crippen molar-refractivity contribution in [3.63, 3.8) is 0 Å². The summed E-state index contributed by atoms with van der Waals surface area (Å²) in [6.45, 7) is 4.51. The third-order valence-corrected chi connectivity index (χ3v) is 4.31. The number of aromatic nitrogens is 1. The number of benzene rings is 1. The molecule has 1 heterocycles. The molecule has 0 radical (unpaired) electrons. The average molecular weight is 297 g/mol. The Hall–Kier alpha value is -1.10. The van der Waals surface area contributed by atoms with Gasteiger partial charge in [-0.3, -0.25) is 0 Å². The van der Waals surface area contributed by atoms with Crippen molar-refractivity contribution in [2.24, 2.45) is 5.73 Å². The van der Waals surface area contributed by atoms with Gasteiger partial charge in [-0.15, -0.1) is 11.3 Å². The highest BCUT2D eigenvalue weighted by atomic mass is 35.5. The molecule has 0 aliphatic rings. The van der Waals surface area contributed by atoms with E-state index in [1.54, 1.807) is 11.3 Å². The standard InChI is InChI=1S/C14H17ClN2OS/c1-14(2,16)12-9-17-13(19-12)7-8-18-11-6-4-3-5-10(11)15/h3-6,9H,7-8,16H2,1-2H3. The largest absolute Gasteiger partial charge is 0.492 e. The van der Waals surface area contributed by atoms with Crippen molar-refractivity contribution in [1.29, 1.82) is 0 Å². The number of thiazole rings is 1. The molecule has 0 amide bonds. The molecule has 3 nitrogen and oxygen atoms in total. The zero-order valence-electron chi connectivity index (χ0n) is 11.0. The summed E-state index contributed by atoms with van der Waals surface area (Å²) in [5.74, 6) is 0.708. The summed E-state index contributed by atoms with van der Waals surface area (Å²) in [6.07, 6.45) is 2.60. The van der Waals surface area contributed by atoms with E-state index >= 15 is 0 Å². The van der Waals surface area contributed by atoms with Crippen LogP contribution in [-0.4, -0.2) is 11.6 Å². The van der Waals surface area contributed by atoms with Gasteiger partial charge in [0.2, 0.25) is 0 Å². The van der Waals surface area contributed by atoms with Gasteiger partial charge in [0.1, 0.15) is 5.75 Å². The van der Waals surface area contributed by atoms with Crippen LogP contribution >= 0.6 is 22.9 Å². The summed E-state index contributed by atoms with van der Waals surface area (Å²) in [7, 11) is 0. The first-order valence-corrected chi connectivity index (χ1v) is 7.27. The summed E-state index contributed by atoms with van der Waals surface area (Å²) in [6, 6.07) is 7.46. The smallest absolute Gasteiger partial charge is 0.137 e. The molecular weight excluding hydrogens is 280 g/mol. The third-order valence-electron chi connectivity index (χ3n) is 2.60. The maximum atomic E-state index is 6.03. The van der Waals surface area contributed by atoms with Crippen LogP contribution in [0.15, 0.2) is 30.5 Å². The number of hydrogen-bond donors (Lipinski definition) is 1. The van der Waals surface area contributed by atoms with E-state index in [0.717, 1.165) is 16.3 Å². The molecule has 0 saturated carbocycles. The SMILES string of the molecule is CC(C)(N)c1cnc(CCOc2ccccc2Cl)s1. The predicted molar refractivity (Wildman–Crippen MR) is 80.0 cm³/mol. The van der Waals surface area contributed by atoms with Gasteiger partial charge in [0.05, 0.1) is 16.6 Å². The number of ether oxygens (including phenoxy) is 1. The molecule has 0 bridgehead atoms. The molecule has 2 N–H and O–H groups in total. The lowest BCUT2D eigenvalue weighted by Crippen LogP contribution is -2.27. The molecule has 0 unspecified atom stereocenters. The van der Waals surface area contributed by atoms with E-state index in [9.17, 15) is 0 Å². The Morgan fingerprint density at radius 3 is 2.74 bits per heavy atom. The second-order valence-electron chi connectivity index (χ2n) is 4.87. The van der Waals surface area contributed by atoms with Gasteiger partial charge < -0.3 is 10.5 Å². The van der Waals surface area contributed by atoms with Crippen molar-refractivity contribution in [3.8, 4) is 5.75 Å². The van der Waals surface area contributed by atoms with E-state index < -0.39 is 0 Å². The maximum Gasteiger partial charge on any atom is 0.137 e. The van der Waals surface area contributed by atoms with Gasteiger partial charge in [0, 0.05) is 23.0 Å². The molecule has 0 aliphatic heterocycles. The Morgan fingerprint density at radius 2 is 2.11 bits per heavy atom. The van der Waals surface area contributed by atoms with E-state index in [-0.39, 0.29) is 5.54 Å². The van der Waals surface area contributed by atoms with E-state index in [1.165, 1.54) is 0 Å². The van der Waals surface area contributed by atoms with E-state index in [0.29, 0.717) is 17.4 Å². The van der Waals surface area contributed by atoms with E-state index in [1.807, 2.05) is 44.3 Å². The first kappa shape index (κ1) is 14.3. The summed E-state index contributed by atoms with van der Waals surface area (Å²) >= 11 is 7.65. The van der Waals surface area contributed by atoms with Crippen LogP contribution in [0.1, 0.15) is 23.7 Å². The van der Waals surface area contributed by atoms with Crippen molar-refractivity contribution in [3.05, 3.63) is 45.4 Å². The van der Waals surface area contributed by atoms with Gasteiger partial charge in [-0.05, 0) is 26.0 Å². The minimum atomic E-state index is -0.334. The number of para-hydroxylation sites is 1. The molecule has 19 heavy (non-hydrogen) atoms. The Labute approximate surface area is 122 Å². The van der Waals surface area contributed by atoms with Crippen molar-refractivity contribution in [1.82, 2.24) is 4.98 Å². The van der Waals surface area contributed by atoms with Crippen LogP contribution in [0.3, 0.4) is 0 Å². The Morgan fingerprint density at radius 1 is 1.37 bits per heavy atom. The molecular formula is C14H17ClN2OS. The molecule has 0 aliphatic carbocycles. The quantitative estimate of drug-likeness (QED) is 0.917. The normalized spacial score (nSPS) is 11.6. The van der Waals surface area contributed by atoms with Crippen molar-refractivity contribution >= 4 is 22.9 Å². The van der Waals surface area contributed by atoms with Gasteiger partial charge in [-0.2, -0.15) is 0 Å². The Kier molecular flexibility index (Phi) is 4.45. The zero-order chi connectivity index (χ0) is 13.9. The molecule has 0 spiro atoms. The van der Waals surface area contributed by atoms with Gasteiger partial charge in [0.15, 0.2) is 0 Å². The highest BCUT2D eigenvalue weighted by Gasteiger charge is 2.17. The summed E-state index contributed by atoms with van der Waals surface area (Å²) < 4.78 is 5.64. The number of nitrogens with zero attached hydrogens (tertiary/aromatic N) is 1. The second kappa shape index (κ2) is 5.90. The van der Waals surface area contributed by atoms with E-state index in [4.69, 9.17) is 22.1 Å². The number of halogens is 1. The Bertz CT molecular complexity index is 548. The molecule has 0 fully saturated rings. The highest BCUT2D eigenvalue weighted by molar-refractivity contribution is 7.11.